The molecule has 7 nitrogen and oxygen atoms in total. The normalized spacial score (nSPS) is 13.3. The number of pyridine rings is 1. The van der Waals surface area contributed by atoms with Gasteiger partial charge in [0.25, 0.3) is 0 Å². The van der Waals surface area contributed by atoms with Gasteiger partial charge >= 0.3 is 6.03 Å². The van der Waals surface area contributed by atoms with Gasteiger partial charge in [-0.25, -0.2) is 4.79 Å². The largest absolute Gasteiger partial charge is 0.349 e. The molecule has 0 radical (unpaired) electrons. The third kappa shape index (κ3) is 4.69. The minimum Gasteiger partial charge on any atom is -0.349 e. The number of carbonyl (C=O) groups is 2. The molecule has 3 amide bonds. The van der Waals surface area contributed by atoms with Crippen molar-refractivity contribution in [1.29, 1.82) is 0 Å². The molecule has 0 aliphatic carbocycles. The van der Waals surface area contributed by atoms with Crippen molar-refractivity contribution in [3.63, 3.8) is 0 Å². The minimum atomic E-state index is -0.289. The molecule has 140 valence electrons. The number of carbonyl (C=O) groups excluding carboxylic acids is 2. The molecule has 1 aromatic heterocycles. The highest BCUT2D eigenvalue weighted by Crippen LogP contribution is 2.18. The molecule has 0 spiro atoms. The van der Waals surface area contributed by atoms with Crippen LogP contribution in [0.1, 0.15) is 42.3 Å². The first-order valence-corrected chi connectivity index (χ1v) is 8.98. The number of aromatic nitrogens is 1. The number of rotatable bonds is 5. The summed E-state index contributed by atoms with van der Waals surface area (Å²) in [6, 6.07) is 11.3. The van der Waals surface area contributed by atoms with Gasteiger partial charge in [-0.2, -0.15) is 0 Å². The second-order valence-electron chi connectivity index (χ2n) is 6.36. The lowest BCUT2D eigenvalue weighted by atomic mass is 10.1. The first-order valence-electron chi connectivity index (χ1n) is 8.98. The third-order valence-electron chi connectivity index (χ3n) is 4.30. The summed E-state index contributed by atoms with van der Waals surface area (Å²) in [7, 11) is 0. The number of amides is 3. The number of urea groups is 1. The molecule has 0 fully saturated rings. The molecule has 0 unspecified atom stereocenters. The molecular weight excluding hydrogens is 342 g/mol. The maximum atomic E-state index is 12.3. The van der Waals surface area contributed by atoms with Gasteiger partial charge in [-0.05, 0) is 31.0 Å². The van der Waals surface area contributed by atoms with E-state index in [1.807, 2.05) is 50.2 Å². The van der Waals surface area contributed by atoms with E-state index in [1.54, 1.807) is 6.20 Å². The molecule has 27 heavy (non-hydrogen) atoms. The average molecular weight is 365 g/mol. The van der Waals surface area contributed by atoms with E-state index in [4.69, 9.17) is 0 Å². The van der Waals surface area contributed by atoms with E-state index in [9.17, 15) is 9.59 Å². The van der Waals surface area contributed by atoms with Gasteiger partial charge in [-0.3, -0.25) is 20.1 Å². The van der Waals surface area contributed by atoms with Crippen LogP contribution in [0.25, 0.3) is 0 Å². The number of hydrogen-bond donors (Lipinski definition) is 3. The first kappa shape index (κ1) is 18.6. The maximum Gasteiger partial charge on any atom is 0.320 e. The third-order valence-corrected chi connectivity index (χ3v) is 4.30. The predicted molar refractivity (Wildman–Crippen MR) is 103 cm³/mol. The number of nitrogens with zero attached hydrogens (tertiary/aromatic N) is 2. The molecule has 0 bridgehead atoms. The number of aliphatic imine (C=N–C) groups is 1. The minimum absolute atomic E-state index is 0.0654. The topological polar surface area (TPSA) is 95.5 Å². The van der Waals surface area contributed by atoms with Crippen molar-refractivity contribution in [2.24, 2.45) is 4.99 Å². The Balaban J connectivity index is 1.60. The molecule has 1 aliphatic heterocycles. The predicted octanol–water partition coefficient (Wildman–Crippen LogP) is 2.08. The number of amidine groups is 1. The van der Waals surface area contributed by atoms with Gasteiger partial charge in [-0.1, -0.05) is 30.3 Å². The molecule has 3 N–H and O–H groups in total. The van der Waals surface area contributed by atoms with Crippen molar-refractivity contribution in [1.82, 2.24) is 20.9 Å². The molecule has 3 rings (SSSR count). The molecule has 0 saturated carbocycles. The van der Waals surface area contributed by atoms with Gasteiger partial charge < -0.3 is 10.6 Å². The van der Waals surface area contributed by atoms with Gasteiger partial charge in [0.1, 0.15) is 5.84 Å². The Labute approximate surface area is 158 Å². The number of benzene rings is 1. The van der Waals surface area contributed by atoms with Crippen LogP contribution in [0, 0.1) is 0 Å². The van der Waals surface area contributed by atoms with Crippen LogP contribution in [-0.2, 0) is 17.8 Å². The molecule has 7 heteroatoms. The first-order chi connectivity index (χ1) is 13.1. The highest BCUT2D eigenvalue weighted by atomic mass is 16.2. The van der Waals surface area contributed by atoms with Gasteiger partial charge in [0, 0.05) is 18.3 Å². The molecule has 0 saturated heterocycles. The second-order valence-corrected chi connectivity index (χ2v) is 6.36. The lowest BCUT2D eigenvalue weighted by Gasteiger charge is -2.14. The quantitative estimate of drug-likeness (QED) is 0.757. The van der Waals surface area contributed by atoms with Crippen molar-refractivity contribution in [2.45, 2.75) is 32.9 Å². The fraction of sp³-hybridized carbons (Fsp3) is 0.300. The fourth-order valence-corrected chi connectivity index (χ4v) is 2.94. The Hall–Kier alpha value is -3.22. The van der Waals surface area contributed by atoms with Crippen LogP contribution in [0.4, 0.5) is 4.79 Å². The Bertz CT molecular complexity index is 864. The van der Waals surface area contributed by atoms with E-state index in [1.165, 1.54) is 0 Å². The zero-order chi connectivity index (χ0) is 19.2. The Morgan fingerprint density at radius 1 is 1.22 bits per heavy atom. The van der Waals surface area contributed by atoms with Crippen molar-refractivity contribution >= 4 is 17.8 Å². The van der Waals surface area contributed by atoms with Crippen molar-refractivity contribution < 1.29 is 9.59 Å². The lowest BCUT2D eigenvalue weighted by Crippen LogP contribution is -2.39. The maximum absolute atomic E-state index is 12.3. The van der Waals surface area contributed by atoms with Gasteiger partial charge in [0.05, 0.1) is 24.7 Å². The summed E-state index contributed by atoms with van der Waals surface area (Å²) < 4.78 is 0. The van der Waals surface area contributed by atoms with Gasteiger partial charge in [0.2, 0.25) is 5.91 Å². The fourth-order valence-electron chi connectivity index (χ4n) is 2.94. The molecule has 1 aromatic carbocycles. The summed E-state index contributed by atoms with van der Waals surface area (Å²) in [5, 5.41) is 8.38. The molecule has 2 aromatic rings. The second kappa shape index (κ2) is 8.44. The summed E-state index contributed by atoms with van der Waals surface area (Å²) in [4.78, 5) is 32.7. The van der Waals surface area contributed by atoms with E-state index in [-0.39, 0.29) is 24.4 Å². The monoisotopic (exact) mass is 365 g/mol. The summed E-state index contributed by atoms with van der Waals surface area (Å²) >= 11 is 0. The van der Waals surface area contributed by atoms with E-state index >= 15 is 0 Å². The van der Waals surface area contributed by atoms with Gasteiger partial charge in [0.15, 0.2) is 0 Å². The summed E-state index contributed by atoms with van der Waals surface area (Å²) in [6.45, 7) is 4.81. The molecule has 2 heterocycles. The lowest BCUT2D eigenvalue weighted by molar-refractivity contribution is -0.121. The van der Waals surface area contributed by atoms with Crippen LogP contribution in [0.2, 0.25) is 0 Å². The Kier molecular flexibility index (Phi) is 5.80. The van der Waals surface area contributed by atoms with E-state index in [0.29, 0.717) is 24.6 Å². The van der Waals surface area contributed by atoms with Crippen LogP contribution >= 0.6 is 0 Å². The van der Waals surface area contributed by atoms with Crippen LogP contribution in [0.5, 0.6) is 0 Å². The van der Waals surface area contributed by atoms with Crippen LogP contribution in [0.3, 0.4) is 0 Å². The Morgan fingerprint density at radius 3 is 2.74 bits per heavy atom. The number of nitrogens with one attached hydrogen (secondary N) is 3. The van der Waals surface area contributed by atoms with Crippen LogP contribution in [-0.4, -0.2) is 29.3 Å². The standard InChI is InChI=1S/C20H23N5O2/c1-3-21-20(27)25-19-17-12-22-16(9-15(17)11-23-19)10-18(26)24-13(2)14-7-5-4-6-8-14/h4-9,12-13H,3,10-11H2,1-2H3,(H,24,26)(H2,21,23,25,27)/t13-/m1/s1. The van der Waals surface area contributed by atoms with Crippen LogP contribution in [0.15, 0.2) is 47.6 Å². The zero-order valence-electron chi connectivity index (χ0n) is 15.5. The Morgan fingerprint density at radius 2 is 2.00 bits per heavy atom. The average Bonchev–Trinajstić information content (AvgIpc) is 3.04. The molecular formula is C20H23N5O2. The molecule has 1 atom stereocenters. The SMILES string of the molecule is CCNC(=O)NC1=NCc2cc(CC(=O)N[C@H](C)c3ccccc3)ncc21. The smallest absolute Gasteiger partial charge is 0.320 e. The summed E-state index contributed by atoms with van der Waals surface area (Å²) in [6.07, 6.45) is 1.86. The summed E-state index contributed by atoms with van der Waals surface area (Å²) in [5.74, 6) is 0.426. The summed E-state index contributed by atoms with van der Waals surface area (Å²) in [5.41, 5.74) is 3.49. The number of fused-ring (bicyclic) bond motifs is 1. The van der Waals surface area contributed by atoms with E-state index in [0.717, 1.165) is 16.7 Å². The van der Waals surface area contributed by atoms with E-state index < -0.39 is 0 Å². The highest BCUT2D eigenvalue weighted by molar-refractivity contribution is 6.09. The van der Waals surface area contributed by atoms with Gasteiger partial charge in [-0.15, -0.1) is 0 Å². The van der Waals surface area contributed by atoms with Crippen molar-refractivity contribution in [3.8, 4) is 0 Å². The van der Waals surface area contributed by atoms with Crippen LogP contribution < -0.4 is 16.0 Å². The van der Waals surface area contributed by atoms with E-state index in [2.05, 4.69) is 25.9 Å². The highest BCUT2D eigenvalue weighted by Gasteiger charge is 2.19. The zero-order valence-corrected chi connectivity index (χ0v) is 15.5. The van der Waals surface area contributed by atoms with Crippen molar-refractivity contribution in [3.05, 3.63) is 65.0 Å². The van der Waals surface area contributed by atoms with Crippen molar-refractivity contribution in [2.75, 3.05) is 6.54 Å². The molecule has 1 aliphatic rings. The number of hydrogen-bond acceptors (Lipinski definition) is 4.